The molecule has 0 bridgehead atoms. The monoisotopic (exact) mass is 215 g/mol. The van der Waals surface area contributed by atoms with Crippen LogP contribution in [0.15, 0.2) is 6.07 Å². The van der Waals surface area contributed by atoms with Crippen LogP contribution in [0.25, 0.3) is 0 Å². The van der Waals surface area contributed by atoms with Gasteiger partial charge in [0.25, 0.3) is 0 Å². The maximum absolute atomic E-state index is 13.4. The van der Waals surface area contributed by atoms with E-state index >= 15 is 0 Å². The lowest BCUT2D eigenvalue weighted by molar-refractivity contribution is 0.171. The van der Waals surface area contributed by atoms with E-state index < -0.39 is 23.4 Å². The predicted molar refractivity (Wildman–Crippen MR) is 53.4 cm³/mol. The number of aliphatic hydroxyl groups is 1. The highest BCUT2D eigenvalue weighted by atomic mass is 19.1. The number of nitrogens with one attached hydrogen (secondary N) is 1. The quantitative estimate of drug-likeness (QED) is 0.563. The number of aliphatic hydroxyl groups excluding tert-OH is 1. The lowest BCUT2D eigenvalue weighted by Crippen LogP contribution is -2.17. The van der Waals surface area contributed by atoms with Gasteiger partial charge in [0, 0.05) is 12.1 Å². The van der Waals surface area contributed by atoms with Crippen molar-refractivity contribution in [2.24, 2.45) is 0 Å². The fraction of sp³-hybridized carbons (Fsp3) is 0.400. The number of hydrogen-bond acceptors (Lipinski definition) is 4. The fourth-order valence-corrected chi connectivity index (χ4v) is 1.34. The van der Waals surface area contributed by atoms with Crippen LogP contribution in [-0.4, -0.2) is 28.9 Å². The van der Waals surface area contributed by atoms with Crippen molar-refractivity contribution in [1.82, 2.24) is 5.32 Å². The van der Waals surface area contributed by atoms with Gasteiger partial charge in [-0.15, -0.1) is 0 Å². The van der Waals surface area contributed by atoms with Gasteiger partial charge in [0.05, 0.1) is 6.10 Å². The molecule has 0 aliphatic heterocycles. The number of phenolic OH excluding ortho intramolecular Hbond substituents is 2. The summed E-state index contributed by atoms with van der Waals surface area (Å²) in [5.41, 5.74) is 0.288. The number of rotatable bonds is 3. The zero-order valence-electron chi connectivity index (χ0n) is 8.58. The highest BCUT2D eigenvalue weighted by Crippen LogP contribution is 2.35. The van der Waals surface area contributed by atoms with E-state index in [1.807, 2.05) is 0 Å². The molecule has 1 atom stereocenters. The van der Waals surface area contributed by atoms with Crippen LogP contribution in [0.3, 0.4) is 0 Å². The molecule has 0 aromatic heterocycles. The van der Waals surface area contributed by atoms with Crippen molar-refractivity contribution in [3.8, 4) is 11.5 Å². The van der Waals surface area contributed by atoms with E-state index in [-0.39, 0.29) is 12.1 Å². The molecule has 0 aliphatic carbocycles. The van der Waals surface area contributed by atoms with Crippen LogP contribution < -0.4 is 5.32 Å². The average Bonchev–Trinajstić information content (AvgIpc) is 2.20. The van der Waals surface area contributed by atoms with E-state index in [0.717, 1.165) is 0 Å². The Bertz CT molecular complexity index is 368. The lowest BCUT2D eigenvalue weighted by Gasteiger charge is -2.14. The lowest BCUT2D eigenvalue weighted by atomic mass is 10.0. The van der Waals surface area contributed by atoms with Crippen molar-refractivity contribution < 1.29 is 19.7 Å². The number of likely N-dealkylation sites (N-methyl/N-ethyl adjacent to an activating group) is 1. The van der Waals surface area contributed by atoms with Crippen LogP contribution in [0.2, 0.25) is 0 Å². The highest BCUT2D eigenvalue weighted by molar-refractivity contribution is 5.48. The molecule has 84 valence electrons. The summed E-state index contributed by atoms with van der Waals surface area (Å²) in [5.74, 6) is -2.30. The van der Waals surface area contributed by atoms with Crippen molar-refractivity contribution in [2.75, 3.05) is 13.6 Å². The third-order valence-electron chi connectivity index (χ3n) is 2.19. The number of benzene rings is 1. The standard InChI is InChI=1S/C10H14FNO3/c1-5-3-6(7(13)4-12-2)8(11)10(15)9(5)14/h3,7,12-15H,4H2,1-2H3. The Hall–Kier alpha value is -1.33. The molecular formula is C10H14FNO3. The number of aryl methyl sites for hydroxylation is 1. The summed E-state index contributed by atoms with van der Waals surface area (Å²) in [6.07, 6.45) is -1.06. The maximum atomic E-state index is 13.4. The molecule has 0 radical (unpaired) electrons. The van der Waals surface area contributed by atoms with Gasteiger partial charge in [0.2, 0.25) is 0 Å². The molecule has 1 rings (SSSR count). The predicted octanol–water partition coefficient (Wildman–Crippen LogP) is 0.798. The van der Waals surface area contributed by atoms with Crippen molar-refractivity contribution in [1.29, 1.82) is 0 Å². The molecular weight excluding hydrogens is 201 g/mol. The molecule has 4 nitrogen and oxygen atoms in total. The summed E-state index contributed by atoms with van der Waals surface area (Å²) >= 11 is 0. The molecule has 1 aromatic carbocycles. The van der Waals surface area contributed by atoms with Crippen LogP contribution >= 0.6 is 0 Å². The minimum atomic E-state index is -1.06. The molecule has 0 saturated heterocycles. The van der Waals surface area contributed by atoms with Gasteiger partial charge < -0.3 is 20.6 Å². The Morgan fingerprint density at radius 3 is 2.53 bits per heavy atom. The number of halogens is 1. The third kappa shape index (κ3) is 2.19. The molecule has 5 heteroatoms. The Kier molecular flexibility index (Phi) is 3.49. The number of aromatic hydroxyl groups is 2. The van der Waals surface area contributed by atoms with E-state index in [1.54, 1.807) is 7.05 Å². The molecule has 4 N–H and O–H groups in total. The fourth-order valence-electron chi connectivity index (χ4n) is 1.34. The topological polar surface area (TPSA) is 72.7 Å². The molecule has 0 fully saturated rings. The van der Waals surface area contributed by atoms with Gasteiger partial charge in [-0.1, -0.05) is 0 Å². The van der Waals surface area contributed by atoms with Gasteiger partial charge in [0.15, 0.2) is 17.3 Å². The van der Waals surface area contributed by atoms with Gasteiger partial charge in [-0.25, -0.2) is 4.39 Å². The average molecular weight is 215 g/mol. The zero-order chi connectivity index (χ0) is 11.6. The first-order valence-corrected chi connectivity index (χ1v) is 4.52. The second kappa shape index (κ2) is 4.46. The summed E-state index contributed by atoms with van der Waals surface area (Å²) in [6, 6.07) is 1.31. The van der Waals surface area contributed by atoms with Crippen LogP contribution in [-0.2, 0) is 0 Å². The summed E-state index contributed by atoms with van der Waals surface area (Å²) < 4.78 is 13.4. The molecule has 1 unspecified atom stereocenters. The van der Waals surface area contributed by atoms with E-state index in [1.165, 1.54) is 13.0 Å². The van der Waals surface area contributed by atoms with Crippen molar-refractivity contribution in [2.45, 2.75) is 13.0 Å². The Labute approximate surface area is 87.0 Å². The van der Waals surface area contributed by atoms with Gasteiger partial charge in [-0.3, -0.25) is 0 Å². The van der Waals surface area contributed by atoms with Crippen LogP contribution in [0.5, 0.6) is 11.5 Å². The number of hydrogen-bond donors (Lipinski definition) is 4. The molecule has 0 heterocycles. The molecule has 15 heavy (non-hydrogen) atoms. The van der Waals surface area contributed by atoms with Crippen LogP contribution in [0.1, 0.15) is 17.2 Å². The Morgan fingerprint density at radius 1 is 1.40 bits per heavy atom. The summed E-state index contributed by atoms with van der Waals surface area (Å²) in [4.78, 5) is 0. The normalized spacial score (nSPS) is 12.8. The summed E-state index contributed by atoms with van der Waals surface area (Å²) in [6.45, 7) is 1.69. The second-order valence-corrected chi connectivity index (χ2v) is 3.37. The van der Waals surface area contributed by atoms with E-state index in [2.05, 4.69) is 5.32 Å². The van der Waals surface area contributed by atoms with Gasteiger partial charge in [0.1, 0.15) is 0 Å². The Morgan fingerprint density at radius 2 is 2.00 bits per heavy atom. The first-order valence-electron chi connectivity index (χ1n) is 4.52. The Balaban J connectivity index is 3.19. The van der Waals surface area contributed by atoms with Crippen molar-refractivity contribution in [3.05, 3.63) is 23.0 Å². The van der Waals surface area contributed by atoms with Gasteiger partial charge in [-0.05, 0) is 25.6 Å². The highest BCUT2D eigenvalue weighted by Gasteiger charge is 2.19. The van der Waals surface area contributed by atoms with Gasteiger partial charge >= 0.3 is 0 Å². The van der Waals surface area contributed by atoms with E-state index in [0.29, 0.717) is 5.56 Å². The summed E-state index contributed by atoms with van der Waals surface area (Å²) in [7, 11) is 1.62. The van der Waals surface area contributed by atoms with Crippen LogP contribution in [0.4, 0.5) is 4.39 Å². The summed E-state index contributed by atoms with van der Waals surface area (Å²) in [5, 5.41) is 30.7. The maximum Gasteiger partial charge on any atom is 0.194 e. The molecule has 0 amide bonds. The van der Waals surface area contributed by atoms with E-state index in [9.17, 15) is 19.7 Å². The van der Waals surface area contributed by atoms with Gasteiger partial charge in [-0.2, -0.15) is 0 Å². The van der Waals surface area contributed by atoms with E-state index in [4.69, 9.17) is 0 Å². The van der Waals surface area contributed by atoms with Crippen LogP contribution in [0, 0.1) is 12.7 Å². The third-order valence-corrected chi connectivity index (χ3v) is 2.19. The molecule has 0 spiro atoms. The molecule has 0 saturated carbocycles. The molecule has 1 aromatic rings. The molecule has 0 aliphatic rings. The first-order chi connectivity index (χ1) is 6.99. The smallest absolute Gasteiger partial charge is 0.194 e. The first kappa shape index (κ1) is 11.7. The number of phenols is 2. The zero-order valence-corrected chi connectivity index (χ0v) is 8.58. The largest absolute Gasteiger partial charge is 0.504 e. The van der Waals surface area contributed by atoms with Crippen molar-refractivity contribution >= 4 is 0 Å². The van der Waals surface area contributed by atoms with Crippen molar-refractivity contribution in [3.63, 3.8) is 0 Å². The second-order valence-electron chi connectivity index (χ2n) is 3.37. The minimum Gasteiger partial charge on any atom is -0.504 e. The SMILES string of the molecule is CNCC(O)c1cc(C)c(O)c(O)c1F. The minimum absolute atomic E-state index is 0.0304.